The molecule has 1 saturated carbocycles. The van der Waals surface area contributed by atoms with Gasteiger partial charge in [0.2, 0.25) is 0 Å². The van der Waals surface area contributed by atoms with Crippen molar-refractivity contribution in [3.05, 3.63) is 22.4 Å². The summed E-state index contributed by atoms with van der Waals surface area (Å²) in [7, 11) is 0. The molecule has 2 fully saturated rings. The van der Waals surface area contributed by atoms with Gasteiger partial charge in [0.05, 0.1) is 5.41 Å². The van der Waals surface area contributed by atoms with Crippen LogP contribution >= 0.6 is 11.3 Å². The third kappa shape index (κ3) is 3.00. The summed E-state index contributed by atoms with van der Waals surface area (Å²) >= 11 is 1.71. The summed E-state index contributed by atoms with van der Waals surface area (Å²) in [6, 6.07) is 2.14. The summed E-state index contributed by atoms with van der Waals surface area (Å²) in [5, 5.41) is 13.9. The summed E-state index contributed by atoms with van der Waals surface area (Å²) in [5.74, 6) is 0.103. The molecule has 1 atom stereocenters. The Labute approximate surface area is 118 Å². The Hall–Kier alpha value is -0.870. The second kappa shape index (κ2) is 5.25. The fraction of sp³-hybridized carbons (Fsp3) is 0.667. The highest BCUT2D eigenvalue weighted by molar-refractivity contribution is 7.07. The molecule has 3 rings (SSSR count). The Morgan fingerprint density at radius 2 is 2.37 bits per heavy atom. The predicted octanol–water partition coefficient (Wildman–Crippen LogP) is 3.22. The van der Waals surface area contributed by atoms with Gasteiger partial charge in [-0.15, -0.1) is 0 Å². The van der Waals surface area contributed by atoms with Gasteiger partial charge < -0.3 is 5.11 Å². The number of aliphatic carboxylic acids is 1. The standard InChI is InChI=1S/C15H21NO2S/c17-14(18)15(8-12-2-3-12)5-1-6-16(11-15)9-13-4-7-19-10-13/h4,7,10,12H,1-3,5-6,8-9,11H2,(H,17,18)/t15-/m1/s1. The first-order chi connectivity index (χ1) is 9.18. The number of nitrogens with zero attached hydrogens (tertiary/aromatic N) is 1. The van der Waals surface area contributed by atoms with Gasteiger partial charge in [0.25, 0.3) is 0 Å². The Bertz CT molecular complexity index is 441. The maximum absolute atomic E-state index is 11.8. The minimum absolute atomic E-state index is 0.477. The first kappa shape index (κ1) is 13.1. The second-order valence-electron chi connectivity index (χ2n) is 6.18. The number of rotatable bonds is 5. The number of piperidine rings is 1. The van der Waals surface area contributed by atoms with E-state index in [9.17, 15) is 9.90 Å². The van der Waals surface area contributed by atoms with Crippen LogP contribution < -0.4 is 0 Å². The van der Waals surface area contributed by atoms with Crippen LogP contribution in [0.2, 0.25) is 0 Å². The Morgan fingerprint density at radius 3 is 3.00 bits per heavy atom. The molecule has 0 bridgehead atoms. The average Bonchev–Trinajstić information content (AvgIpc) is 3.03. The second-order valence-corrected chi connectivity index (χ2v) is 6.96. The van der Waals surface area contributed by atoms with E-state index in [1.165, 1.54) is 18.4 Å². The first-order valence-electron chi connectivity index (χ1n) is 7.15. The van der Waals surface area contributed by atoms with Gasteiger partial charge in [0.15, 0.2) is 0 Å². The number of carboxylic acid groups (broad SMARTS) is 1. The fourth-order valence-corrected chi connectivity index (χ4v) is 3.97. The van der Waals surface area contributed by atoms with E-state index in [1.54, 1.807) is 11.3 Å². The van der Waals surface area contributed by atoms with Gasteiger partial charge in [-0.2, -0.15) is 11.3 Å². The van der Waals surface area contributed by atoms with Crippen molar-refractivity contribution < 1.29 is 9.90 Å². The number of hydrogen-bond acceptors (Lipinski definition) is 3. The molecular weight excluding hydrogens is 258 g/mol. The molecule has 1 aromatic rings. The van der Waals surface area contributed by atoms with Crippen LogP contribution in [-0.2, 0) is 11.3 Å². The minimum atomic E-state index is -0.575. The van der Waals surface area contributed by atoms with Gasteiger partial charge in [-0.05, 0) is 54.1 Å². The molecule has 1 aliphatic carbocycles. The predicted molar refractivity (Wildman–Crippen MR) is 76.2 cm³/mol. The number of hydrogen-bond donors (Lipinski definition) is 1. The van der Waals surface area contributed by atoms with Crippen LogP contribution in [0.3, 0.4) is 0 Å². The molecule has 1 saturated heterocycles. The third-order valence-electron chi connectivity index (χ3n) is 4.47. The summed E-state index contributed by atoms with van der Waals surface area (Å²) in [6.07, 6.45) is 5.24. The molecule has 3 nitrogen and oxygen atoms in total. The van der Waals surface area contributed by atoms with Crippen LogP contribution in [0.1, 0.15) is 37.7 Å². The van der Waals surface area contributed by atoms with Crippen molar-refractivity contribution in [2.45, 2.75) is 38.6 Å². The molecule has 1 N–H and O–H groups in total. The van der Waals surface area contributed by atoms with E-state index in [1.807, 2.05) is 0 Å². The molecule has 2 aliphatic rings. The molecule has 1 aliphatic heterocycles. The Balaban J connectivity index is 1.68. The van der Waals surface area contributed by atoms with E-state index in [0.717, 1.165) is 38.9 Å². The Morgan fingerprint density at radius 1 is 1.53 bits per heavy atom. The van der Waals surface area contributed by atoms with Crippen molar-refractivity contribution in [2.24, 2.45) is 11.3 Å². The van der Waals surface area contributed by atoms with Gasteiger partial charge in [-0.3, -0.25) is 9.69 Å². The van der Waals surface area contributed by atoms with Gasteiger partial charge in [0, 0.05) is 13.1 Å². The molecule has 0 aromatic carbocycles. The number of likely N-dealkylation sites (tertiary alicyclic amines) is 1. The molecule has 104 valence electrons. The Kier molecular flexibility index (Phi) is 3.63. The average molecular weight is 279 g/mol. The zero-order chi connectivity index (χ0) is 13.3. The molecule has 0 unspecified atom stereocenters. The van der Waals surface area contributed by atoms with Crippen molar-refractivity contribution in [3.8, 4) is 0 Å². The van der Waals surface area contributed by atoms with Gasteiger partial charge in [-0.25, -0.2) is 0 Å². The van der Waals surface area contributed by atoms with E-state index >= 15 is 0 Å². The van der Waals surface area contributed by atoms with Crippen LogP contribution in [0.5, 0.6) is 0 Å². The molecule has 19 heavy (non-hydrogen) atoms. The van der Waals surface area contributed by atoms with Crippen molar-refractivity contribution in [1.82, 2.24) is 4.90 Å². The zero-order valence-corrected chi connectivity index (χ0v) is 12.0. The summed E-state index contributed by atoms with van der Waals surface area (Å²) in [6.45, 7) is 2.67. The van der Waals surface area contributed by atoms with E-state index in [2.05, 4.69) is 21.7 Å². The lowest BCUT2D eigenvalue weighted by molar-refractivity contribution is -0.153. The quantitative estimate of drug-likeness (QED) is 0.899. The molecule has 4 heteroatoms. The fourth-order valence-electron chi connectivity index (χ4n) is 3.31. The summed E-state index contributed by atoms with van der Waals surface area (Å²) in [5.41, 5.74) is 0.840. The highest BCUT2D eigenvalue weighted by atomic mass is 32.1. The van der Waals surface area contributed by atoms with E-state index < -0.39 is 11.4 Å². The van der Waals surface area contributed by atoms with Crippen LogP contribution in [0.4, 0.5) is 0 Å². The van der Waals surface area contributed by atoms with E-state index in [0.29, 0.717) is 5.92 Å². The normalized spacial score (nSPS) is 28.4. The lowest BCUT2D eigenvalue weighted by atomic mass is 9.75. The zero-order valence-electron chi connectivity index (χ0n) is 11.2. The van der Waals surface area contributed by atoms with Crippen molar-refractivity contribution in [3.63, 3.8) is 0 Å². The largest absolute Gasteiger partial charge is 0.481 e. The molecule has 2 heterocycles. The topological polar surface area (TPSA) is 40.5 Å². The van der Waals surface area contributed by atoms with Gasteiger partial charge in [-0.1, -0.05) is 12.8 Å². The van der Waals surface area contributed by atoms with Crippen molar-refractivity contribution in [2.75, 3.05) is 13.1 Å². The van der Waals surface area contributed by atoms with Crippen LogP contribution in [-0.4, -0.2) is 29.1 Å². The minimum Gasteiger partial charge on any atom is -0.481 e. The molecule has 1 aromatic heterocycles. The van der Waals surface area contributed by atoms with E-state index in [-0.39, 0.29) is 0 Å². The molecule has 0 radical (unpaired) electrons. The smallest absolute Gasteiger partial charge is 0.310 e. The first-order valence-corrected chi connectivity index (χ1v) is 8.09. The molecule has 0 amide bonds. The van der Waals surface area contributed by atoms with Gasteiger partial charge >= 0.3 is 5.97 Å². The maximum Gasteiger partial charge on any atom is 0.310 e. The van der Waals surface area contributed by atoms with E-state index in [4.69, 9.17) is 0 Å². The van der Waals surface area contributed by atoms with Crippen LogP contribution in [0.25, 0.3) is 0 Å². The molecular formula is C15H21NO2S. The summed E-state index contributed by atoms with van der Waals surface area (Å²) < 4.78 is 0. The van der Waals surface area contributed by atoms with Crippen molar-refractivity contribution in [1.29, 1.82) is 0 Å². The third-order valence-corrected chi connectivity index (χ3v) is 5.20. The highest BCUT2D eigenvalue weighted by Crippen LogP contribution is 2.45. The lowest BCUT2D eigenvalue weighted by Gasteiger charge is -2.40. The molecule has 0 spiro atoms. The number of carbonyl (C=O) groups is 1. The lowest BCUT2D eigenvalue weighted by Crippen LogP contribution is -2.47. The number of carboxylic acids is 1. The maximum atomic E-state index is 11.8. The highest BCUT2D eigenvalue weighted by Gasteiger charge is 2.45. The van der Waals surface area contributed by atoms with Crippen molar-refractivity contribution >= 4 is 17.3 Å². The number of thiophene rings is 1. The SMILES string of the molecule is O=C(O)[C@@]1(CC2CC2)CCCN(Cc2ccsc2)C1. The van der Waals surface area contributed by atoms with Crippen LogP contribution in [0, 0.1) is 11.3 Å². The van der Waals surface area contributed by atoms with Gasteiger partial charge in [0.1, 0.15) is 0 Å². The monoisotopic (exact) mass is 279 g/mol. The van der Waals surface area contributed by atoms with Crippen LogP contribution in [0.15, 0.2) is 16.8 Å². The summed E-state index contributed by atoms with van der Waals surface area (Å²) in [4.78, 5) is 14.1.